The van der Waals surface area contributed by atoms with E-state index in [-0.39, 0.29) is 11.8 Å². The Bertz CT molecular complexity index is 202. The molecule has 0 aliphatic heterocycles. The van der Waals surface area contributed by atoms with Crippen LogP contribution in [-0.2, 0) is 9.53 Å². The minimum Gasteiger partial charge on any atom is -0.379 e. The first-order chi connectivity index (χ1) is 7.95. The van der Waals surface area contributed by atoms with E-state index in [1.54, 1.807) is 0 Å². The topological polar surface area (TPSA) is 29.5 Å². The number of ether oxygens (including phenoxy) is 1. The van der Waals surface area contributed by atoms with E-state index in [1.165, 1.54) is 12.8 Å². The summed E-state index contributed by atoms with van der Waals surface area (Å²) in [6, 6.07) is 0. The lowest BCUT2D eigenvalue weighted by molar-refractivity contribution is -0.133. The molecule has 0 heterocycles. The Balaban J connectivity index is 3.36. The second kappa shape index (κ2) is 9.46. The van der Waals surface area contributed by atoms with E-state index in [0.717, 1.165) is 26.0 Å². The van der Waals surface area contributed by atoms with Gasteiger partial charge in [0.2, 0.25) is 5.91 Å². The molecule has 1 amide bonds. The van der Waals surface area contributed by atoms with Crippen molar-refractivity contribution < 1.29 is 9.53 Å². The lowest BCUT2D eigenvalue weighted by Gasteiger charge is -2.19. The number of carbonyl (C=O) groups is 1. The van der Waals surface area contributed by atoms with E-state index in [1.807, 2.05) is 25.8 Å². The van der Waals surface area contributed by atoms with Gasteiger partial charge in [-0.3, -0.25) is 4.79 Å². The molecular formula is C14H29NO2. The van der Waals surface area contributed by atoms with E-state index < -0.39 is 0 Å². The molecule has 0 N–H and O–H groups in total. The fourth-order valence-corrected chi connectivity index (χ4v) is 1.67. The monoisotopic (exact) mass is 243 g/mol. The zero-order valence-electron chi connectivity index (χ0n) is 12.2. The molecule has 0 fully saturated rings. The van der Waals surface area contributed by atoms with Gasteiger partial charge in [0.15, 0.2) is 0 Å². The van der Waals surface area contributed by atoms with Crippen molar-refractivity contribution in [3.8, 4) is 0 Å². The maximum atomic E-state index is 11.6. The van der Waals surface area contributed by atoms with Gasteiger partial charge in [0.25, 0.3) is 0 Å². The molecule has 17 heavy (non-hydrogen) atoms. The Morgan fingerprint density at radius 2 is 1.65 bits per heavy atom. The molecule has 0 aromatic rings. The first-order valence-electron chi connectivity index (χ1n) is 6.81. The quantitative estimate of drug-likeness (QED) is 0.582. The normalized spacial score (nSPS) is 11.2. The molecule has 0 saturated heterocycles. The van der Waals surface area contributed by atoms with Crippen molar-refractivity contribution in [3.63, 3.8) is 0 Å². The molecule has 0 bridgehead atoms. The van der Waals surface area contributed by atoms with Gasteiger partial charge in [0, 0.05) is 26.1 Å². The molecule has 0 spiro atoms. The zero-order valence-corrected chi connectivity index (χ0v) is 12.2. The summed E-state index contributed by atoms with van der Waals surface area (Å²) in [5.41, 5.74) is 0. The van der Waals surface area contributed by atoms with Crippen LogP contribution in [0.5, 0.6) is 0 Å². The van der Waals surface area contributed by atoms with Crippen LogP contribution in [0.3, 0.4) is 0 Å². The van der Waals surface area contributed by atoms with Crippen LogP contribution in [0.4, 0.5) is 0 Å². The summed E-state index contributed by atoms with van der Waals surface area (Å²) in [7, 11) is 1.89. The third kappa shape index (κ3) is 9.16. The summed E-state index contributed by atoms with van der Waals surface area (Å²) in [5.74, 6) is 0.354. The second-order valence-corrected chi connectivity index (χ2v) is 5.25. The minimum absolute atomic E-state index is 0.111. The summed E-state index contributed by atoms with van der Waals surface area (Å²) in [6.07, 6.45) is 4.93. The fourth-order valence-electron chi connectivity index (χ4n) is 1.67. The molecular weight excluding hydrogens is 214 g/mol. The molecule has 0 rings (SSSR count). The third-order valence-electron chi connectivity index (χ3n) is 2.71. The molecule has 0 aliphatic carbocycles. The first kappa shape index (κ1) is 16.4. The van der Waals surface area contributed by atoms with Gasteiger partial charge in [-0.25, -0.2) is 0 Å². The molecule has 0 radical (unpaired) electrons. The van der Waals surface area contributed by atoms with E-state index >= 15 is 0 Å². The van der Waals surface area contributed by atoms with Crippen molar-refractivity contribution in [3.05, 3.63) is 0 Å². The Labute approximate surface area is 107 Å². The summed E-state index contributed by atoms with van der Waals surface area (Å²) in [5, 5.41) is 0. The molecule has 0 aromatic carbocycles. The van der Waals surface area contributed by atoms with Crippen LogP contribution >= 0.6 is 0 Å². The van der Waals surface area contributed by atoms with Crippen LogP contribution in [0.25, 0.3) is 0 Å². The number of rotatable bonds is 9. The predicted octanol–water partition coefficient (Wildman–Crippen LogP) is 3.09. The second-order valence-electron chi connectivity index (χ2n) is 5.25. The van der Waals surface area contributed by atoms with Crippen LogP contribution in [0.15, 0.2) is 0 Å². The highest BCUT2D eigenvalue weighted by atomic mass is 16.5. The van der Waals surface area contributed by atoms with Crippen LogP contribution < -0.4 is 0 Å². The highest BCUT2D eigenvalue weighted by molar-refractivity contribution is 5.77. The Morgan fingerprint density at radius 1 is 1.06 bits per heavy atom. The molecule has 102 valence electrons. The van der Waals surface area contributed by atoms with Crippen molar-refractivity contribution in [2.75, 3.05) is 20.2 Å². The van der Waals surface area contributed by atoms with Crippen LogP contribution in [0.2, 0.25) is 0 Å². The number of hydrogen-bond acceptors (Lipinski definition) is 2. The molecule has 0 saturated carbocycles. The Morgan fingerprint density at radius 3 is 2.18 bits per heavy atom. The number of hydrogen-bond donors (Lipinski definition) is 0. The van der Waals surface area contributed by atoms with Gasteiger partial charge in [-0.1, -0.05) is 26.7 Å². The lowest BCUT2D eigenvalue weighted by Crippen LogP contribution is -2.31. The highest BCUT2D eigenvalue weighted by Gasteiger charge is 2.11. The highest BCUT2D eigenvalue weighted by Crippen LogP contribution is 2.05. The van der Waals surface area contributed by atoms with Gasteiger partial charge in [-0.05, 0) is 26.7 Å². The Hall–Kier alpha value is -0.570. The van der Waals surface area contributed by atoms with Gasteiger partial charge in [-0.2, -0.15) is 0 Å². The first-order valence-corrected chi connectivity index (χ1v) is 6.81. The van der Waals surface area contributed by atoms with E-state index in [0.29, 0.717) is 6.10 Å². The summed E-state index contributed by atoms with van der Waals surface area (Å²) in [6.45, 7) is 9.75. The van der Waals surface area contributed by atoms with E-state index in [9.17, 15) is 4.79 Å². The van der Waals surface area contributed by atoms with Gasteiger partial charge in [0.05, 0.1) is 6.10 Å². The molecule has 3 heteroatoms. The van der Waals surface area contributed by atoms with Crippen molar-refractivity contribution in [2.45, 2.75) is 59.5 Å². The van der Waals surface area contributed by atoms with Crippen LogP contribution in [-0.4, -0.2) is 37.1 Å². The molecule has 0 aliphatic rings. The standard InChI is InChI=1S/C14H29NO2/c1-12(2)14(16)15(5)10-8-6-7-9-11-17-13(3)4/h12-13H,6-11H2,1-5H3. The third-order valence-corrected chi connectivity index (χ3v) is 2.71. The Kier molecular flexibility index (Phi) is 9.14. The molecule has 0 atom stereocenters. The average molecular weight is 243 g/mol. The van der Waals surface area contributed by atoms with E-state index in [2.05, 4.69) is 13.8 Å². The van der Waals surface area contributed by atoms with Crippen LogP contribution in [0, 0.1) is 5.92 Å². The summed E-state index contributed by atoms with van der Waals surface area (Å²) < 4.78 is 5.47. The molecule has 3 nitrogen and oxygen atoms in total. The largest absolute Gasteiger partial charge is 0.379 e. The number of unbranched alkanes of at least 4 members (excludes halogenated alkanes) is 3. The predicted molar refractivity (Wildman–Crippen MR) is 72.0 cm³/mol. The lowest BCUT2D eigenvalue weighted by atomic mass is 10.1. The maximum Gasteiger partial charge on any atom is 0.224 e. The van der Waals surface area contributed by atoms with Gasteiger partial charge < -0.3 is 9.64 Å². The zero-order chi connectivity index (χ0) is 13.3. The van der Waals surface area contributed by atoms with Gasteiger partial charge >= 0.3 is 0 Å². The fraction of sp³-hybridized carbons (Fsp3) is 0.929. The molecule has 0 unspecified atom stereocenters. The average Bonchev–Trinajstić information content (AvgIpc) is 2.25. The summed E-state index contributed by atoms with van der Waals surface area (Å²) in [4.78, 5) is 13.4. The van der Waals surface area contributed by atoms with Crippen molar-refractivity contribution in [1.29, 1.82) is 0 Å². The van der Waals surface area contributed by atoms with Crippen molar-refractivity contribution >= 4 is 5.91 Å². The number of carbonyl (C=O) groups excluding carboxylic acids is 1. The smallest absolute Gasteiger partial charge is 0.224 e. The summed E-state index contributed by atoms with van der Waals surface area (Å²) >= 11 is 0. The van der Waals surface area contributed by atoms with Crippen LogP contribution in [0.1, 0.15) is 53.4 Å². The SMILES string of the molecule is CC(C)OCCCCCCN(C)C(=O)C(C)C. The van der Waals surface area contributed by atoms with Gasteiger partial charge in [-0.15, -0.1) is 0 Å². The maximum absolute atomic E-state index is 11.6. The van der Waals surface area contributed by atoms with E-state index in [4.69, 9.17) is 4.74 Å². The van der Waals surface area contributed by atoms with Gasteiger partial charge in [0.1, 0.15) is 0 Å². The minimum atomic E-state index is 0.111. The number of amides is 1. The van der Waals surface area contributed by atoms with Crippen molar-refractivity contribution in [2.24, 2.45) is 5.92 Å². The number of nitrogens with zero attached hydrogens (tertiary/aromatic N) is 1. The van der Waals surface area contributed by atoms with Crippen molar-refractivity contribution in [1.82, 2.24) is 4.90 Å². The molecule has 0 aromatic heterocycles.